The Labute approximate surface area is 178 Å². The van der Waals surface area contributed by atoms with E-state index >= 15 is 0 Å². The van der Waals surface area contributed by atoms with Gasteiger partial charge >= 0.3 is 18.2 Å². The maximum Gasteiger partial charge on any atom is 0.316 e. The zero-order chi connectivity index (χ0) is 23.5. The van der Waals surface area contributed by atoms with Gasteiger partial charge in [-0.05, 0) is 0 Å². The SMILES string of the molecule is C#CCCc1nc(CCC#C)nc(NCC#C)n1.C#CCN.Fc1nc(F)nc(F)n1. The van der Waals surface area contributed by atoms with Crippen LogP contribution in [0.1, 0.15) is 24.5 Å². The van der Waals surface area contributed by atoms with Gasteiger partial charge in [0.2, 0.25) is 5.95 Å². The molecule has 0 amide bonds. The zero-order valence-electron chi connectivity index (χ0n) is 16.4. The predicted octanol–water partition coefficient (Wildman–Crippen LogP) is 0.915. The van der Waals surface area contributed by atoms with Crippen molar-refractivity contribution in [3.63, 3.8) is 0 Å². The summed E-state index contributed by atoms with van der Waals surface area (Å²) in [5.41, 5.74) is 4.79. The summed E-state index contributed by atoms with van der Waals surface area (Å²) in [6, 6.07) is 0. The van der Waals surface area contributed by atoms with E-state index in [0.29, 0.717) is 56.4 Å². The molecule has 0 aliphatic rings. The lowest BCUT2D eigenvalue weighted by molar-refractivity contribution is 0.393. The van der Waals surface area contributed by atoms with Crippen LogP contribution in [0.2, 0.25) is 0 Å². The molecule has 160 valence electrons. The van der Waals surface area contributed by atoms with E-state index in [-0.39, 0.29) is 0 Å². The average Bonchev–Trinajstić information content (AvgIpc) is 2.74. The smallest absolute Gasteiger partial charge is 0.316 e. The van der Waals surface area contributed by atoms with Crippen molar-refractivity contribution in [3.05, 3.63) is 29.9 Å². The van der Waals surface area contributed by atoms with Crippen LogP contribution in [0.4, 0.5) is 19.1 Å². The van der Waals surface area contributed by atoms with Gasteiger partial charge in [0.15, 0.2) is 0 Å². The molecule has 2 heterocycles. The summed E-state index contributed by atoms with van der Waals surface area (Å²) in [4.78, 5) is 20.1. The Kier molecular flexibility index (Phi) is 14.5. The van der Waals surface area contributed by atoms with E-state index in [1.54, 1.807) is 0 Å². The molecule has 11 heteroatoms. The molecule has 0 aliphatic heterocycles. The third kappa shape index (κ3) is 13.6. The number of nitrogens with two attached hydrogens (primary N) is 1. The molecule has 3 N–H and O–H groups in total. The third-order valence-electron chi connectivity index (χ3n) is 2.73. The van der Waals surface area contributed by atoms with Crippen LogP contribution >= 0.6 is 0 Å². The first-order chi connectivity index (χ1) is 14.9. The number of anilines is 1. The minimum atomic E-state index is -1.46. The molecule has 0 saturated heterocycles. The molecule has 2 aromatic heterocycles. The highest BCUT2D eigenvalue weighted by Gasteiger charge is 2.05. The Bertz CT molecular complexity index is 845. The molecule has 0 unspecified atom stereocenters. The molecule has 31 heavy (non-hydrogen) atoms. The number of nitrogens with one attached hydrogen (secondary N) is 1. The minimum absolute atomic E-state index is 0.347. The van der Waals surface area contributed by atoms with Crippen molar-refractivity contribution in [2.75, 3.05) is 18.4 Å². The predicted molar refractivity (Wildman–Crippen MR) is 109 cm³/mol. The second-order valence-electron chi connectivity index (χ2n) is 5.01. The van der Waals surface area contributed by atoms with E-state index in [0.717, 1.165) is 0 Å². The standard InChI is InChI=1S/C14H14N4.C3F3N3.C3H5N/c1-4-7-9-12-16-13(10-8-5-2)18-14(17-12)15-11-6-3;4-1-7-2(5)9-3(6)8-1;1-2-3-4/h1-3H,7-11H2,(H,15,16,17,18);;1H,3-4H2. The number of hydrogen-bond acceptors (Lipinski definition) is 8. The van der Waals surface area contributed by atoms with E-state index in [2.05, 4.69) is 65.3 Å². The van der Waals surface area contributed by atoms with Gasteiger partial charge in [-0.25, -0.2) is 4.98 Å². The quantitative estimate of drug-likeness (QED) is 0.653. The minimum Gasteiger partial charge on any atom is -0.343 e. The van der Waals surface area contributed by atoms with Crippen molar-refractivity contribution in [3.8, 4) is 49.4 Å². The van der Waals surface area contributed by atoms with Gasteiger partial charge in [-0.1, -0.05) is 11.8 Å². The Balaban J connectivity index is 0.000000571. The number of aryl methyl sites for hydroxylation is 2. The first-order valence-electron chi connectivity index (χ1n) is 8.54. The van der Waals surface area contributed by atoms with Crippen molar-refractivity contribution in [2.45, 2.75) is 25.7 Å². The molecule has 0 aromatic carbocycles. The van der Waals surface area contributed by atoms with Crippen LogP contribution in [-0.4, -0.2) is 43.0 Å². The molecule has 0 fully saturated rings. The summed E-state index contributed by atoms with van der Waals surface area (Å²) in [7, 11) is 0. The normalized spacial score (nSPS) is 8.65. The number of aromatic nitrogens is 6. The van der Waals surface area contributed by atoms with Gasteiger partial charge in [0.1, 0.15) is 11.6 Å². The summed E-state index contributed by atoms with van der Waals surface area (Å²) in [5, 5.41) is 2.93. The van der Waals surface area contributed by atoms with Crippen molar-refractivity contribution >= 4 is 5.95 Å². The highest BCUT2D eigenvalue weighted by Crippen LogP contribution is 2.05. The molecule has 0 spiro atoms. The largest absolute Gasteiger partial charge is 0.343 e. The maximum absolute atomic E-state index is 11.7. The zero-order valence-corrected chi connectivity index (χ0v) is 16.4. The van der Waals surface area contributed by atoms with Gasteiger partial charge in [0, 0.05) is 25.7 Å². The molecule has 0 bridgehead atoms. The number of terminal acetylenes is 4. The van der Waals surface area contributed by atoms with E-state index in [1.807, 2.05) is 0 Å². The summed E-state index contributed by atoms with van der Waals surface area (Å²) >= 11 is 0. The Morgan fingerprint density at radius 3 is 1.42 bits per heavy atom. The molecule has 2 aromatic rings. The van der Waals surface area contributed by atoms with Gasteiger partial charge in [-0.15, -0.1) is 37.5 Å². The summed E-state index contributed by atoms with van der Waals surface area (Å²) in [5.74, 6) is 11.6. The van der Waals surface area contributed by atoms with E-state index in [9.17, 15) is 13.2 Å². The molecule has 0 aliphatic carbocycles. The molecule has 8 nitrogen and oxygen atoms in total. The summed E-state index contributed by atoms with van der Waals surface area (Å²) in [6.07, 6.45) is 18.3. The lowest BCUT2D eigenvalue weighted by Gasteiger charge is -2.06. The molecule has 0 radical (unpaired) electrons. The monoisotopic (exact) mass is 428 g/mol. The fourth-order valence-electron chi connectivity index (χ4n) is 1.57. The van der Waals surface area contributed by atoms with Crippen LogP contribution in [0.25, 0.3) is 0 Å². The highest BCUT2D eigenvalue weighted by molar-refractivity contribution is 5.27. The van der Waals surface area contributed by atoms with Gasteiger partial charge in [-0.3, -0.25) is 0 Å². The van der Waals surface area contributed by atoms with Crippen molar-refractivity contribution in [2.24, 2.45) is 5.73 Å². The van der Waals surface area contributed by atoms with Crippen LogP contribution in [0.5, 0.6) is 0 Å². The second kappa shape index (κ2) is 16.7. The van der Waals surface area contributed by atoms with Crippen LogP contribution < -0.4 is 11.1 Å². The van der Waals surface area contributed by atoms with E-state index < -0.39 is 18.2 Å². The van der Waals surface area contributed by atoms with Gasteiger partial charge in [0.05, 0.1) is 13.1 Å². The molecular weight excluding hydrogens is 409 g/mol. The summed E-state index contributed by atoms with van der Waals surface area (Å²) in [6.45, 7) is 0.715. The molecular formula is C20H19F3N8. The van der Waals surface area contributed by atoms with Gasteiger partial charge in [-0.2, -0.15) is 38.1 Å². The first-order valence-corrected chi connectivity index (χ1v) is 8.54. The van der Waals surface area contributed by atoms with Gasteiger partial charge in [0.25, 0.3) is 0 Å². The van der Waals surface area contributed by atoms with Crippen LogP contribution in [-0.2, 0) is 12.8 Å². The van der Waals surface area contributed by atoms with Crippen LogP contribution in [0.3, 0.4) is 0 Å². The maximum atomic E-state index is 11.7. The van der Waals surface area contributed by atoms with E-state index in [4.69, 9.17) is 25.0 Å². The average molecular weight is 428 g/mol. The molecule has 0 saturated carbocycles. The van der Waals surface area contributed by atoms with Crippen molar-refractivity contribution < 1.29 is 13.2 Å². The fourth-order valence-corrected chi connectivity index (χ4v) is 1.57. The van der Waals surface area contributed by atoms with Crippen molar-refractivity contribution in [1.29, 1.82) is 0 Å². The summed E-state index contributed by atoms with van der Waals surface area (Å²) < 4.78 is 35.1. The van der Waals surface area contributed by atoms with Gasteiger partial charge < -0.3 is 11.1 Å². The molecule has 2 rings (SSSR count). The lowest BCUT2D eigenvalue weighted by atomic mass is 10.3. The topological polar surface area (TPSA) is 115 Å². The second-order valence-corrected chi connectivity index (χ2v) is 5.01. The van der Waals surface area contributed by atoms with Crippen LogP contribution in [0, 0.1) is 67.6 Å². The first kappa shape index (κ1) is 26.8. The Morgan fingerprint density at radius 2 is 1.10 bits per heavy atom. The Morgan fingerprint density at radius 1 is 0.677 bits per heavy atom. The van der Waals surface area contributed by atoms with Crippen molar-refractivity contribution in [1.82, 2.24) is 29.9 Å². The fraction of sp³-hybridized carbons (Fsp3) is 0.300. The number of hydrogen-bond donors (Lipinski definition) is 2. The van der Waals surface area contributed by atoms with Crippen LogP contribution in [0.15, 0.2) is 0 Å². The molecule has 0 atom stereocenters. The Hall–Kier alpha value is -4.19. The third-order valence-corrected chi connectivity index (χ3v) is 2.73. The number of halogens is 3. The lowest BCUT2D eigenvalue weighted by Crippen LogP contribution is -2.10. The van der Waals surface area contributed by atoms with E-state index in [1.165, 1.54) is 0 Å². The number of rotatable bonds is 6. The number of nitrogens with zero attached hydrogens (tertiary/aromatic N) is 6. The highest BCUT2D eigenvalue weighted by atomic mass is 19.2.